The van der Waals surface area contributed by atoms with Gasteiger partial charge in [0.05, 0.1) is 12.1 Å². The molecule has 4 heteroatoms. The number of rotatable bonds is 4. The fourth-order valence-corrected chi connectivity index (χ4v) is 2.26. The minimum absolute atomic E-state index is 0.000531. The molecule has 16 heavy (non-hydrogen) atoms. The van der Waals surface area contributed by atoms with Crippen LogP contribution in [0.3, 0.4) is 0 Å². The number of hydrogen-bond donors (Lipinski definition) is 2. The third-order valence-corrected chi connectivity index (χ3v) is 3.72. The molecule has 3 N–H and O–H groups in total. The molecule has 2 aliphatic rings. The molecule has 1 saturated heterocycles. The van der Waals surface area contributed by atoms with E-state index in [9.17, 15) is 4.79 Å². The zero-order valence-corrected chi connectivity index (χ0v) is 10.00. The van der Waals surface area contributed by atoms with Gasteiger partial charge in [0.15, 0.2) is 0 Å². The topological polar surface area (TPSA) is 64.4 Å². The third-order valence-electron chi connectivity index (χ3n) is 3.72. The van der Waals surface area contributed by atoms with E-state index in [1.165, 1.54) is 0 Å². The number of hydrogen-bond acceptors (Lipinski definition) is 3. The molecule has 1 aliphatic heterocycles. The van der Waals surface area contributed by atoms with Gasteiger partial charge in [-0.3, -0.25) is 4.79 Å². The predicted octanol–water partition coefficient (Wildman–Crippen LogP) is 0.657. The molecular formula is C12H22N2O2. The first-order chi connectivity index (χ1) is 7.60. The normalized spacial score (nSPS) is 29.5. The summed E-state index contributed by atoms with van der Waals surface area (Å²) in [6.45, 7) is 4.18. The molecule has 2 rings (SSSR count). The Balaban J connectivity index is 1.74. The lowest BCUT2D eigenvalue weighted by atomic mass is 9.95. The second-order valence-electron chi connectivity index (χ2n) is 5.35. The molecule has 0 aromatic rings. The molecule has 2 fully saturated rings. The van der Waals surface area contributed by atoms with E-state index >= 15 is 0 Å². The minimum Gasteiger partial charge on any atom is -0.381 e. The SMILES string of the molecule is CC(N)(C(=O)NCC1CCCOC1)C1CC1. The van der Waals surface area contributed by atoms with Gasteiger partial charge in [-0.05, 0) is 44.4 Å². The zero-order chi connectivity index (χ0) is 11.6. The van der Waals surface area contributed by atoms with Crippen molar-refractivity contribution in [3.8, 4) is 0 Å². The third kappa shape index (κ3) is 2.74. The standard InChI is InChI=1S/C12H22N2O2/c1-12(13,10-4-5-10)11(15)14-7-9-3-2-6-16-8-9/h9-10H,2-8,13H2,1H3,(H,14,15). The van der Waals surface area contributed by atoms with Gasteiger partial charge in [-0.15, -0.1) is 0 Å². The van der Waals surface area contributed by atoms with Gasteiger partial charge in [0.2, 0.25) is 5.91 Å². The second-order valence-corrected chi connectivity index (χ2v) is 5.35. The Hall–Kier alpha value is -0.610. The summed E-state index contributed by atoms with van der Waals surface area (Å²) >= 11 is 0. The van der Waals surface area contributed by atoms with E-state index in [1.54, 1.807) is 0 Å². The van der Waals surface area contributed by atoms with Crippen molar-refractivity contribution in [3.63, 3.8) is 0 Å². The highest BCUT2D eigenvalue weighted by atomic mass is 16.5. The molecule has 0 spiro atoms. The molecule has 2 unspecified atom stereocenters. The smallest absolute Gasteiger partial charge is 0.240 e. The number of ether oxygens (including phenoxy) is 1. The molecule has 1 amide bonds. The molecule has 1 aliphatic carbocycles. The fourth-order valence-electron chi connectivity index (χ4n) is 2.26. The highest BCUT2D eigenvalue weighted by Crippen LogP contribution is 2.38. The van der Waals surface area contributed by atoms with Crippen LogP contribution in [0.2, 0.25) is 0 Å². The largest absolute Gasteiger partial charge is 0.381 e. The Bertz CT molecular complexity index is 256. The van der Waals surface area contributed by atoms with Crippen molar-refractivity contribution in [1.29, 1.82) is 0 Å². The van der Waals surface area contributed by atoms with Crippen molar-refractivity contribution in [2.75, 3.05) is 19.8 Å². The van der Waals surface area contributed by atoms with Crippen LogP contribution >= 0.6 is 0 Å². The number of carbonyl (C=O) groups excluding carboxylic acids is 1. The van der Waals surface area contributed by atoms with Crippen LogP contribution in [-0.2, 0) is 9.53 Å². The average Bonchev–Trinajstić information content (AvgIpc) is 3.11. The summed E-state index contributed by atoms with van der Waals surface area (Å²) in [5.74, 6) is 0.850. The van der Waals surface area contributed by atoms with Gasteiger partial charge >= 0.3 is 0 Å². The summed E-state index contributed by atoms with van der Waals surface area (Å²) in [4.78, 5) is 11.9. The maximum atomic E-state index is 11.9. The Morgan fingerprint density at radius 2 is 2.25 bits per heavy atom. The second kappa shape index (κ2) is 4.72. The highest BCUT2D eigenvalue weighted by molar-refractivity contribution is 5.86. The molecule has 92 valence electrons. The van der Waals surface area contributed by atoms with E-state index in [2.05, 4.69) is 5.32 Å². The molecule has 4 nitrogen and oxygen atoms in total. The van der Waals surface area contributed by atoms with E-state index in [0.717, 1.165) is 38.9 Å². The van der Waals surface area contributed by atoms with E-state index in [0.29, 0.717) is 18.4 Å². The van der Waals surface area contributed by atoms with Gasteiger partial charge in [0, 0.05) is 13.2 Å². The summed E-state index contributed by atoms with van der Waals surface area (Å²) in [7, 11) is 0. The lowest BCUT2D eigenvalue weighted by molar-refractivity contribution is -0.126. The average molecular weight is 226 g/mol. The van der Waals surface area contributed by atoms with Gasteiger partial charge < -0.3 is 15.8 Å². The summed E-state index contributed by atoms with van der Waals surface area (Å²) in [6, 6.07) is 0. The summed E-state index contributed by atoms with van der Waals surface area (Å²) in [5, 5.41) is 2.97. The maximum Gasteiger partial charge on any atom is 0.240 e. The number of nitrogens with two attached hydrogens (primary N) is 1. The Kier molecular flexibility index (Phi) is 3.50. The van der Waals surface area contributed by atoms with Crippen molar-refractivity contribution >= 4 is 5.91 Å². The summed E-state index contributed by atoms with van der Waals surface area (Å²) in [6.07, 6.45) is 4.42. The lowest BCUT2D eigenvalue weighted by Crippen LogP contribution is -2.54. The van der Waals surface area contributed by atoms with Crippen LogP contribution in [0.5, 0.6) is 0 Å². The quantitative estimate of drug-likeness (QED) is 0.740. The Labute approximate surface area is 96.9 Å². The first-order valence-corrected chi connectivity index (χ1v) is 6.25. The van der Waals surface area contributed by atoms with Crippen molar-refractivity contribution in [2.24, 2.45) is 17.6 Å². The van der Waals surface area contributed by atoms with E-state index in [4.69, 9.17) is 10.5 Å². The molecular weight excluding hydrogens is 204 g/mol. The van der Waals surface area contributed by atoms with Crippen molar-refractivity contribution in [1.82, 2.24) is 5.32 Å². The van der Waals surface area contributed by atoms with Crippen LogP contribution in [0.25, 0.3) is 0 Å². The van der Waals surface area contributed by atoms with Crippen LogP contribution in [0, 0.1) is 11.8 Å². The van der Waals surface area contributed by atoms with Gasteiger partial charge in [-0.2, -0.15) is 0 Å². The lowest BCUT2D eigenvalue weighted by Gasteiger charge is -2.26. The Morgan fingerprint density at radius 1 is 1.50 bits per heavy atom. The number of amides is 1. The Morgan fingerprint density at radius 3 is 2.81 bits per heavy atom. The maximum absolute atomic E-state index is 11.9. The molecule has 2 atom stereocenters. The van der Waals surface area contributed by atoms with Crippen LogP contribution in [0.1, 0.15) is 32.6 Å². The van der Waals surface area contributed by atoms with Crippen LogP contribution < -0.4 is 11.1 Å². The number of nitrogens with one attached hydrogen (secondary N) is 1. The van der Waals surface area contributed by atoms with E-state index in [-0.39, 0.29) is 5.91 Å². The summed E-state index contributed by atoms with van der Waals surface area (Å²) < 4.78 is 5.38. The molecule has 0 aromatic heterocycles. The van der Waals surface area contributed by atoms with Gasteiger partial charge in [0.1, 0.15) is 0 Å². The highest BCUT2D eigenvalue weighted by Gasteiger charge is 2.43. The molecule has 0 radical (unpaired) electrons. The van der Waals surface area contributed by atoms with Gasteiger partial charge in [-0.25, -0.2) is 0 Å². The van der Waals surface area contributed by atoms with Gasteiger partial charge in [-0.1, -0.05) is 0 Å². The van der Waals surface area contributed by atoms with E-state index < -0.39 is 5.54 Å². The van der Waals surface area contributed by atoms with Crippen molar-refractivity contribution in [3.05, 3.63) is 0 Å². The summed E-state index contributed by atoms with van der Waals surface area (Å²) in [5.41, 5.74) is 5.37. The first kappa shape index (κ1) is 11.9. The number of carbonyl (C=O) groups is 1. The predicted molar refractivity (Wildman–Crippen MR) is 61.9 cm³/mol. The molecule has 0 bridgehead atoms. The van der Waals surface area contributed by atoms with Crippen LogP contribution in [-0.4, -0.2) is 31.2 Å². The first-order valence-electron chi connectivity index (χ1n) is 6.25. The van der Waals surface area contributed by atoms with Gasteiger partial charge in [0.25, 0.3) is 0 Å². The zero-order valence-electron chi connectivity index (χ0n) is 10.00. The molecule has 1 saturated carbocycles. The van der Waals surface area contributed by atoms with Crippen LogP contribution in [0.15, 0.2) is 0 Å². The fraction of sp³-hybridized carbons (Fsp3) is 0.917. The molecule has 1 heterocycles. The minimum atomic E-state index is -0.671. The van der Waals surface area contributed by atoms with Crippen LogP contribution in [0.4, 0.5) is 0 Å². The molecule has 0 aromatic carbocycles. The van der Waals surface area contributed by atoms with Crippen molar-refractivity contribution < 1.29 is 9.53 Å². The van der Waals surface area contributed by atoms with Crippen molar-refractivity contribution in [2.45, 2.75) is 38.1 Å². The van der Waals surface area contributed by atoms with E-state index in [1.807, 2.05) is 6.92 Å². The monoisotopic (exact) mass is 226 g/mol.